The van der Waals surface area contributed by atoms with Crippen LogP contribution in [-0.4, -0.2) is 47.0 Å². The molecule has 0 saturated carbocycles. The molecule has 4 N–H and O–H groups in total. The van der Waals surface area contributed by atoms with Crippen LogP contribution in [0.25, 0.3) is 0 Å². The molecule has 1 fully saturated rings. The van der Waals surface area contributed by atoms with Crippen LogP contribution >= 0.6 is 12.4 Å². The maximum absolute atomic E-state index is 13.0. The van der Waals surface area contributed by atoms with Crippen LogP contribution in [-0.2, 0) is 14.4 Å². The molecule has 1 unspecified atom stereocenters. The SMILES string of the molecule is Cl.NCCCCCCCC(=O)Nc1cccc2c1C(=O)N(C1CCC(=O)NC1=O)C2=O. The first-order valence-electron chi connectivity index (χ1n) is 10.3. The van der Waals surface area contributed by atoms with E-state index in [1.165, 1.54) is 6.07 Å². The van der Waals surface area contributed by atoms with Gasteiger partial charge in [0.15, 0.2) is 0 Å². The van der Waals surface area contributed by atoms with E-state index < -0.39 is 29.7 Å². The maximum Gasteiger partial charge on any atom is 0.264 e. The van der Waals surface area contributed by atoms with Gasteiger partial charge >= 0.3 is 0 Å². The third-order valence-electron chi connectivity index (χ3n) is 5.35. The molecule has 10 heteroatoms. The molecule has 9 nitrogen and oxygen atoms in total. The van der Waals surface area contributed by atoms with Crippen LogP contribution in [0.5, 0.6) is 0 Å². The van der Waals surface area contributed by atoms with Gasteiger partial charge < -0.3 is 11.1 Å². The summed E-state index contributed by atoms with van der Waals surface area (Å²) in [6.45, 7) is 0.669. The molecule has 1 aromatic carbocycles. The average Bonchev–Trinajstić information content (AvgIpc) is 2.96. The second-order valence-electron chi connectivity index (χ2n) is 7.53. The van der Waals surface area contributed by atoms with Gasteiger partial charge in [0.05, 0.1) is 16.8 Å². The Morgan fingerprint density at radius 3 is 2.48 bits per heavy atom. The molecule has 1 aromatic rings. The monoisotopic (exact) mass is 450 g/mol. The number of carbonyl (C=O) groups is 5. The van der Waals surface area contributed by atoms with Crippen molar-refractivity contribution < 1.29 is 24.0 Å². The van der Waals surface area contributed by atoms with Crippen molar-refractivity contribution in [2.24, 2.45) is 5.73 Å². The minimum Gasteiger partial charge on any atom is -0.330 e. The molecule has 2 aliphatic rings. The Labute approximate surface area is 186 Å². The first-order chi connectivity index (χ1) is 14.4. The van der Waals surface area contributed by atoms with E-state index in [2.05, 4.69) is 10.6 Å². The zero-order valence-corrected chi connectivity index (χ0v) is 18.0. The van der Waals surface area contributed by atoms with Gasteiger partial charge in [-0.25, -0.2) is 0 Å². The van der Waals surface area contributed by atoms with Gasteiger partial charge in [-0.05, 0) is 37.9 Å². The molecular weight excluding hydrogens is 424 g/mol. The standard InChI is InChI=1S/C21H26N4O5.ClH/c22-12-5-3-1-2-4-9-16(26)23-14-8-6-7-13-18(14)21(30)25(20(13)29)15-10-11-17(27)24-19(15)28;/h6-8,15H,1-5,9-12,22H2,(H,23,26)(H,24,27,28);1H. The fraction of sp³-hybridized carbons (Fsp3) is 0.476. The van der Waals surface area contributed by atoms with E-state index >= 15 is 0 Å². The Hall–Kier alpha value is -2.78. The van der Waals surface area contributed by atoms with Crippen LogP contribution in [0.3, 0.4) is 0 Å². The largest absolute Gasteiger partial charge is 0.330 e. The third kappa shape index (κ3) is 5.48. The zero-order valence-electron chi connectivity index (χ0n) is 17.1. The first kappa shape index (κ1) is 24.5. The summed E-state index contributed by atoms with van der Waals surface area (Å²) in [7, 11) is 0. The normalized spacial score (nSPS) is 17.8. The summed E-state index contributed by atoms with van der Waals surface area (Å²) < 4.78 is 0. The number of nitrogens with one attached hydrogen (secondary N) is 2. The summed E-state index contributed by atoms with van der Waals surface area (Å²) in [5.41, 5.74) is 5.95. The van der Waals surface area contributed by atoms with Crippen LogP contribution in [0, 0.1) is 0 Å². The molecule has 3 rings (SSSR count). The number of fused-ring (bicyclic) bond motifs is 1. The number of carbonyl (C=O) groups excluding carboxylic acids is 5. The second kappa shape index (κ2) is 11.0. The molecule has 0 bridgehead atoms. The number of anilines is 1. The first-order valence-corrected chi connectivity index (χ1v) is 10.3. The highest BCUT2D eigenvalue weighted by Crippen LogP contribution is 2.32. The van der Waals surface area contributed by atoms with Crippen molar-refractivity contribution in [2.45, 2.75) is 57.4 Å². The predicted molar refractivity (Wildman–Crippen MR) is 116 cm³/mol. The molecule has 1 saturated heterocycles. The van der Waals surface area contributed by atoms with Crippen molar-refractivity contribution in [2.75, 3.05) is 11.9 Å². The molecule has 0 spiro atoms. The third-order valence-corrected chi connectivity index (χ3v) is 5.35. The van der Waals surface area contributed by atoms with Gasteiger partial charge in [-0.2, -0.15) is 0 Å². The summed E-state index contributed by atoms with van der Waals surface area (Å²) >= 11 is 0. The summed E-state index contributed by atoms with van der Waals surface area (Å²) in [4.78, 5) is 62.5. The number of rotatable bonds is 9. The van der Waals surface area contributed by atoms with Crippen LogP contribution in [0.15, 0.2) is 18.2 Å². The number of halogens is 1. The van der Waals surface area contributed by atoms with E-state index in [1.807, 2.05) is 0 Å². The molecule has 31 heavy (non-hydrogen) atoms. The molecule has 0 aromatic heterocycles. The van der Waals surface area contributed by atoms with E-state index in [0.717, 1.165) is 37.0 Å². The van der Waals surface area contributed by atoms with Gasteiger partial charge in [0, 0.05) is 12.8 Å². The Morgan fingerprint density at radius 2 is 1.77 bits per heavy atom. The fourth-order valence-corrected chi connectivity index (χ4v) is 3.79. The zero-order chi connectivity index (χ0) is 21.7. The van der Waals surface area contributed by atoms with Crippen LogP contribution in [0.2, 0.25) is 0 Å². The van der Waals surface area contributed by atoms with E-state index in [0.29, 0.717) is 13.0 Å². The van der Waals surface area contributed by atoms with Gasteiger partial charge in [-0.1, -0.05) is 25.3 Å². The topological polar surface area (TPSA) is 139 Å². The Bertz CT molecular complexity index is 889. The summed E-state index contributed by atoms with van der Waals surface area (Å²) in [5, 5.41) is 4.89. The average molecular weight is 451 g/mol. The number of benzene rings is 1. The molecule has 2 heterocycles. The van der Waals surface area contributed by atoms with Gasteiger partial charge in [-0.15, -0.1) is 12.4 Å². The number of hydrogen-bond acceptors (Lipinski definition) is 6. The van der Waals surface area contributed by atoms with Crippen molar-refractivity contribution in [3.05, 3.63) is 29.3 Å². The van der Waals surface area contributed by atoms with Crippen molar-refractivity contribution in [1.29, 1.82) is 0 Å². The molecule has 1 atom stereocenters. The molecule has 168 valence electrons. The van der Waals surface area contributed by atoms with Crippen LogP contribution in [0.1, 0.15) is 72.1 Å². The minimum atomic E-state index is -1.04. The van der Waals surface area contributed by atoms with Crippen molar-refractivity contribution in [3.8, 4) is 0 Å². The number of piperidine rings is 1. The fourth-order valence-electron chi connectivity index (χ4n) is 3.79. The predicted octanol–water partition coefficient (Wildman–Crippen LogP) is 1.75. The molecule has 0 aliphatic carbocycles. The lowest BCUT2D eigenvalue weighted by Gasteiger charge is -2.27. The van der Waals surface area contributed by atoms with E-state index in [-0.39, 0.29) is 48.0 Å². The minimum absolute atomic E-state index is 0. The molecule has 0 radical (unpaired) electrons. The number of imide groups is 2. The van der Waals surface area contributed by atoms with E-state index in [9.17, 15) is 24.0 Å². The lowest BCUT2D eigenvalue weighted by Crippen LogP contribution is -2.54. The number of nitrogens with two attached hydrogens (primary N) is 1. The summed E-state index contributed by atoms with van der Waals surface area (Å²) in [6.07, 6.45) is 5.12. The van der Waals surface area contributed by atoms with Crippen LogP contribution < -0.4 is 16.4 Å². The maximum atomic E-state index is 13.0. The highest BCUT2D eigenvalue weighted by Gasteiger charge is 2.45. The van der Waals surface area contributed by atoms with Crippen molar-refractivity contribution >= 4 is 47.6 Å². The summed E-state index contributed by atoms with van der Waals surface area (Å²) in [6, 6.07) is 3.61. The lowest BCUT2D eigenvalue weighted by atomic mass is 10.0. The van der Waals surface area contributed by atoms with E-state index in [4.69, 9.17) is 5.73 Å². The van der Waals surface area contributed by atoms with E-state index in [1.54, 1.807) is 12.1 Å². The van der Waals surface area contributed by atoms with Gasteiger partial charge in [-0.3, -0.25) is 34.2 Å². The number of hydrogen-bond donors (Lipinski definition) is 3. The Kier molecular flexibility index (Phi) is 8.70. The molecule has 2 aliphatic heterocycles. The highest BCUT2D eigenvalue weighted by atomic mass is 35.5. The number of nitrogens with zero attached hydrogens (tertiary/aromatic N) is 1. The number of unbranched alkanes of at least 4 members (excludes halogenated alkanes) is 4. The molecular formula is C21H27ClN4O5. The van der Waals surface area contributed by atoms with Gasteiger partial charge in [0.1, 0.15) is 6.04 Å². The van der Waals surface area contributed by atoms with Gasteiger partial charge in [0.25, 0.3) is 11.8 Å². The Morgan fingerprint density at radius 1 is 1.06 bits per heavy atom. The quantitative estimate of drug-likeness (QED) is 0.387. The second-order valence-corrected chi connectivity index (χ2v) is 7.53. The number of amides is 5. The Balaban J connectivity index is 0.00000341. The van der Waals surface area contributed by atoms with Crippen molar-refractivity contribution in [3.63, 3.8) is 0 Å². The highest BCUT2D eigenvalue weighted by molar-refractivity contribution is 6.26. The van der Waals surface area contributed by atoms with Crippen molar-refractivity contribution in [1.82, 2.24) is 10.2 Å². The van der Waals surface area contributed by atoms with Gasteiger partial charge in [0.2, 0.25) is 17.7 Å². The smallest absolute Gasteiger partial charge is 0.264 e. The van der Waals surface area contributed by atoms with Crippen LogP contribution in [0.4, 0.5) is 5.69 Å². The summed E-state index contributed by atoms with van der Waals surface area (Å²) in [5.74, 6) is -2.56. The molecule has 5 amide bonds. The lowest BCUT2D eigenvalue weighted by molar-refractivity contribution is -0.136.